The zero-order valence-corrected chi connectivity index (χ0v) is 16.1. The molecular formula is C19H29N7O. The molecule has 0 saturated heterocycles. The molecule has 8 nitrogen and oxygen atoms in total. The highest BCUT2D eigenvalue weighted by Crippen LogP contribution is 2.17. The molecule has 0 bridgehead atoms. The van der Waals surface area contributed by atoms with Crippen LogP contribution >= 0.6 is 0 Å². The molecule has 1 aliphatic rings. The van der Waals surface area contributed by atoms with Crippen molar-refractivity contribution in [2.45, 2.75) is 57.7 Å². The first-order valence-corrected chi connectivity index (χ1v) is 9.61. The minimum atomic E-state index is -0.622. The molecule has 0 radical (unpaired) electrons. The van der Waals surface area contributed by atoms with Crippen LogP contribution in [0.15, 0.2) is 29.5 Å². The maximum atomic E-state index is 10.4. The molecule has 1 aliphatic carbocycles. The number of aliphatic hydroxyl groups excluding tert-OH is 1. The lowest BCUT2D eigenvalue weighted by atomic mass is 9.96. The van der Waals surface area contributed by atoms with Crippen LogP contribution in [0.2, 0.25) is 0 Å². The molecule has 2 heterocycles. The average Bonchev–Trinajstić information content (AvgIpc) is 3.03. The first-order chi connectivity index (χ1) is 13.1. The van der Waals surface area contributed by atoms with E-state index in [1.165, 1.54) is 19.3 Å². The van der Waals surface area contributed by atoms with Gasteiger partial charge in [0.05, 0.1) is 6.10 Å². The molecule has 146 valence electrons. The molecule has 27 heavy (non-hydrogen) atoms. The van der Waals surface area contributed by atoms with Crippen molar-refractivity contribution in [3.05, 3.63) is 41.7 Å². The van der Waals surface area contributed by atoms with E-state index >= 15 is 0 Å². The van der Waals surface area contributed by atoms with Gasteiger partial charge in [0.15, 0.2) is 11.8 Å². The fourth-order valence-electron chi connectivity index (χ4n) is 3.23. The number of pyridine rings is 1. The first-order valence-electron chi connectivity index (χ1n) is 9.61. The van der Waals surface area contributed by atoms with E-state index in [-0.39, 0.29) is 0 Å². The lowest BCUT2D eigenvalue weighted by Gasteiger charge is -2.25. The molecule has 0 aromatic carbocycles. The zero-order chi connectivity index (χ0) is 19.1. The SMILES string of the molecule is Cc1nnc(CN=C(NCC(O)c2ccncc2)NC2CCCCC2)n1C. The average molecular weight is 371 g/mol. The molecular weight excluding hydrogens is 342 g/mol. The Morgan fingerprint density at radius 2 is 2.00 bits per heavy atom. The Labute approximate surface area is 160 Å². The van der Waals surface area contributed by atoms with E-state index in [0.29, 0.717) is 25.1 Å². The molecule has 2 aromatic heterocycles. The number of nitrogens with one attached hydrogen (secondary N) is 2. The lowest BCUT2D eigenvalue weighted by molar-refractivity contribution is 0.180. The Hall–Kier alpha value is -2.48. The summed E-state index contributed by atoms with van der Waals surface area (Å²) in [5.74, 6) is 2.38. The molecule has 3 rings (SSSR count). The van der Waals surface area contributed by atoms with Gasteiger partial charge in [0.1, 0.15) is 12.4 Å². The van der Waals surface area contributed by atoms with E-state index in [4.69, 9.17) is 0 Å². The molecule has 0 aliphatic heterocycles. The maximum absolute atomic E-state index is 10.4. The van der Waals surface area contributed by atoms with Gasteiger partial charge in [-0.25, -0.2) is 4.99 Å². The second-order valence-electron chi connectivity index (χ2n) is 7.04. The van der Waals surface area contributed by atoms with Crippen LogP contribution in [0.3, 0.4) is 0 Å². The summed E-state index contributed by atoms with van der Waals surface area (Å²) >= 11 is 0. The lowest BCUT2D eigenvalue weighted by Crippen LogP contribution is -2.45. The summed E-state index contributed by atoms with van der Waals surface area (Å²) in [6, 6.07) is 4.06. The summed E-state index contributed by atoms with van der Waals surface area (Å²) in [6.07, 6.45) is 8.84. The number of aliphatic imine (C=N–C) groups is 1. The third-order valence-electron chi connectivity index (χ3n) is 5.06. The quantitative estimate of drug-likeness (QED) is 0.527. The van der Waals surface area contributed by atoms with Gasteiger partial charge in [0.25, 0.3) is 0 Å². The van der Waals surface area contributed by atoms with E-state index in [0.717, 1.165) is 30.1 Å². The predicted molar refractivity (Wildman–Crippen MR) is 104 cm³/mol. The van der Waals surface area contributed by atoms with Crippen LogP contribution in [-0.2, 0) is 13.6 Å². The molecule has 1 saturated carbocycles. The largest absolute Gasteiger partial charge is 0.387 e. The van der Waals surface area contributed by atoms with Crippen LogP contribution in [0.4, 0.5) is 0 Å². The fraction of sp³-hybridized carbons (Fsp3) is 0.579. The number of aliphatic hydroxyl groups is 1. The van der Waals surface area contributed by atoms with Gasteiger partial charge in [-0.1, -0.05) is 19.3 Å². The van der Waals surface area contributed by atoms with Crippen LogP contribution in [0.25, 0.3) is 0 Å². The van der Waals surface area contributed by atoms with Gasteiger partial charge in [-0.05, 0) is 37.5 Å². The van der Waals surface area contributed by atoms with Crippen molar-refractivity contribution in [2.24, 2.45) is 12.0 Å². The van der Waals surface area contributed by atoms with Crippen molar-refractivity contribution in [1.82, 2.24) is 30.4 Å². The number of hydrogen-bond acceptors (Lipinski definition) is 5. The van der Waals surface area contributed by atoms with Crippen LogP contribution in [-0.4, -0.2) is 43.4 Å². The minimum absolute atomic E-state index is 0.375. The molecule has 0 amide bonds. The molecule has 3 N–H and O–H groups in total. The topological polar surface area (TPSA) is 100 Å². The predicted octanol–water partition coefficient (Wildman–Crippen LogP) is 1.62. The molecule has 1 unspecified atom stereocenters. The van der Waals surface area contributed by atoms with Gasteiger partial charge in [-0.3, -0.25) is 4.98 Å². The first kappa shape index (κ1) is 19.3. The van der Waals surface area contributed by atoms with Crippen LogP contribution in [0.5, 0.6) is 0 Å². The van der Waals surface area contributed by atoms with Crippen molar-refractivity contribution in [2.75, 3.05) is 6.54 Å². The number of aryl methyl sites for hydroxylation is 1. The maximum Gasteiger partial charge on any atom is 0.192 e. The molecule has 2 aromatic rings. The number of hydrogen-bond donors (Lipinski definition) is 3. The highest BCUT2D eigenvalue weighted by atomic mass is 16.3. The number of aromatic nitrogens is 4. The second-order valence-corrected chi connectivity index (χ2v) is 7.04. The van der Waals surface area contributed by atoms with Crippen molar-refractivity contribution in [3.63, 3.8) is 0 Å². The van der Waals surface area contributed by atoms with Gasteiger partial charge in [-0.15, -0.1) is 10.2 Å². The van der Waals surface area contributed by atoms with Gasteiger partial charge >= 0.3 is 0 Å². The number of nitrogens with zero attached hydrogens (tertiary/aromatic N) is 5. The summed E-state index contributed by atoms with van der Waals surface area (Å²) in [6.45, 7) is 2.73. The molecule has 1 fully saturated rings. The molecule has 1 atom stereocenters. The highest BCUT2D eigenvalue weighted by Gasteiger charge is 2.16. The Morgan fingerprint density at radius 3 is 2.67 bits per heavy atom. The Morgan fingerprint density at radius 1 is 1.26 bits per heavy atom. The Bertz CT molecular complexity index is 738. The highest BCUT2D eigenvalue weighted by molar-refractivity contribution is 5.80. The van der Waals surface area contributed by atoms with Crippen molar-refractivity contribution < 1.29 is 5.11 Å². The number of rotatable bonds is 6. The Kier molecular flexibility index (Phi) is 6.75. The summed E-state index contributed by atoms with van der Waals surface area (Å²) in [4.78, 5) is 8.67. The van der Waals surface area contributed by atoms with Crippen LogP contribution in [0.1, 0.15) is 55.4 Å². The van der Waals surface area contributed by atoms with Crippen molar-refractivity contribution in [1.29, 1.82) is 0 Å². The normalized spacial score (nSPS) is 16.9. The smallest absolute Gasteiger partial charge is 0.192 e. The zero-order valence-electron chi connectivity index (χ0n) is 16.1. The second kappa shape index (κ2) is 9.45. The van der Waals surface area contributed by atoms with E-state index in [1.54, 1.807) is 12.4 Å². The Balaban J connectivity index is 1.64. The summed E-state index contributed by atoms with van der Waals surface area (Å²) < 4.78 is 1.94. The van der Waals surface area contributed by atoms with Gasteiger partial charge in [0, 0.05) is 32.0 Å². The standard InChI is InChI=1S/C19H29N7O/c1-14-24-25-18(26(14)2)13-22-19(23-16-6-4-3-5-7-16)21-12-17(27)15-8-10-20-11-9-15/h8-11,16-17,27H,3-7,12-13H2,1-2H3,(H2,21,22,23). The summed E-state index contributed by atoms with van der Waals surface area (Å²) in [7, 11) is 1.94. The van der Waals surface area contributed by atoms with Crippen molar-refractivity contribution in [3.8, 4) is 0 Å². The number of guanidine groups is 1. The fourth-order valence-corrected chi connectivity index (χ4v) is 3.23. The van der Waals surface area contributed by atoms with E-state index < -0.39 is 6.10 Å². The van der Waals surface area contributed by atoms with Gasteiger partial charge in [0.2, 0.25) is 0 Å². The molecule has 8 heteroatoms. The summed E-state index contributed by atoms with van der Waals surface area (Å²) in [5, 5.41) is 25.5. The van der Waals surface area contributed by atoms with Gasteiger partial charge < -0.3 is 20.3 Å². The van der Waals surface area contributed by atoms with Crippen LogP contribution in [0, 0.1) is 6.92 Å². The monoisotopic (exact) mass is 371 g/mol. The summed E-state index contributed by atoms with van der Waals surface area (Å²) in [5.41, 5.74) is 0.832. The molecule has 0 spiro atoms. The third kappa shape index (κ3) is 5.50. The minimum Gasteiger partial charge on any atom is -0.387 e. The van der Waals surface area contributed by atoms with Crippen LogP contribution < -0.4 is 10.6 Å². The van der Waals surface area contributed by atoms with Crippen molar-refractivity contribution >= 4 is 5.96 Å². The van der Waals surface area contributed by atoms with E-state index in [1.807, 2.05) is 30.7 Å². The van der Waals surface area contributed by atoms with E-state index in [2.05, 4.69) is 30.8 Å². The third-order valence-corrected chi connectivity index (χ3v) is 5.06. The van der Waals surface area contributed by atoms with E-state index in [9.17, 15) is 5.11 Å². The van der Waals surface area contributed by atoms with Gasteiger partial charge in [-0.2, -0.15) is 0 Å².